The van der Waals surface area contributed by atoms with Crippen molar-refractivity contribution in [1.29, 1.82) is 0 Å². The Bertz CT molecular complexity index is 918. The second-order valence-corrected chi connectivity index (χ2v) is 8.76. The summed E-state index contributed by atoms with van der Waals surface area (Å²) in [6, 6.07) is 6.45. The lowest BCUT2D eigenvalue weighted by Crippen LogP contribution is -2.35. The van der Waals surface area contributed by atoms with E-state index in [9.17, 15) is 0 Å². The van der Waals surface area contributed by atoms with Gasteiger partial charge in [0.05, 0.1) is 23.6 Å². The molecular formula is C24H35N7. The zero-order valence-electron chi connectivity index (χ0n) is 19.0. The third-order valence-corrected chi connectivity index (χ3v) is 6.39. The van der Waals surface area contributed by atoms with E-state index in [4.69, 9.17) is 4.98 Å². The lowest BCUT2D eigenvalue weighted by molar-refractivity contribution is 0.306. The first-order valence-electron chi connectivity index (χ1n) is 11.6. The van der Waals surface area contributed by atoms with Crippen LogP contribution in [0.5, 0.6) is 0 Å². The third kappa shape index (κ3) is 5.34. The van der Waals surface area contributed by atoms with E-state index in [2.05, 4.69) is 52.2 Å². The highest BCUT2D eigenvalue weighted by molar-refractivity contribution is 5.66. The van der Waals surface area contributed by atoms with Crippen molar-refractivity contribution < 1.29 is 0 Å². The van der Waals surface area contributed by atoms with Crippen molar-refractivity contribution in [1.82, 2.24) is 30.9 Å². The van der Waals surface area contributed by atoms with Crippen LogP contribution in [-0.2, 0) is 12.8 Å². The minimum Gasteiger partial charge on any atom is -0.364 e. The van der Waals surface area contributed by atoms with Crippen molar-refractivity contribution in [3.63, 3.8) is 0 Å². The molecule has 0 amide bonds. The molecule has 3 heterocycles. The van der Waals surface area contributed by atoms with E-state index in [1.54, 1.807) is 6.33 Å². The predicted octanol–water partition coefficient (Wildman–Crippen LogP) is 3.99. The van der Waals surface area contributed by atoms with Crippen molar-refractivity contribution in [2.75, 3.05) is 18.9 Å². The maximum Gasteiger partial charge on any atom is 0.129 e. The molecule has 2 aliphatic rings. The van der Waals surface area contributed by atoms with Crippen LogP contribution < -0.4 is 16.3 Å². The second-order valence-electron chi connectivity index (χ2n) is 8.76. The molecular weight excluding hydrogens is 386 g/mol. The summed E-state index contributed by atoms with van der Waals surface area (Å²) < 4.78 is 0. The van der Waals surface area contributed by atoms with Gasteiger partial charge in [0.15, 0.2) is 0 Å². The Hall–Kier alpha value is -2.67. The smallest absolute Gasteiger partial charge is 0.129 e. The summed E-state index contributed by atoms with van der Waals surface area (Å²) in [7, 11) is 2.00. The number of anilines is 1. The minimum atomic E-state index is 0.638. The SMILES string of the molecule is CCCc1cc(NCC2=C(c3ccc(CC4CCCCC4)c(C)n3)NNN2C)ncn1. The van der Waals surface area contributed by atoms with Crippen LogP contribution in [0.2, 0.25) is 0 Å². The molecule has 0 saturated heterocycles. The van der Waals surface area contributed by atoms with E-state index in [0.29, 0.717) is 6.54 Å². The number of likely N-dealkylation sites (N-methyl/N-ethyl adjacent to an activating group) is 1. The fraction of sp³-hybridized carbons (Fsp3) is 0.542. The van der Waals surface area contributed by atoms with Gasteiger partial charge < -0.3 is 5.32 Å². The van der Waals surface area contributed by atoms with Crippen LogP contribution in [0.15, 0.2) is 30.2 Å². The Kier molecular flexibility index (Phi) is 7.02. The molecule has 1 aliphatic carbocycles. The highest BCUT2D eigenvalue weighted by Crippen LogP contribution is 2.28. The summed E-state index contributed by atoms with van der Waals surface area (Å²) in [4.78, 5) is 13.7. The van der Waals surface area contributed by atoms with Crippen LogP contribution in [0.1, 0.15) is 68.1 Å². The van der Waals surface area contributed by atoms with Crippen LogP contribution >= 0.6 is 0 Å². The van der Waals surface area contributed by atoms with Crippen molar-refractivity contribution in [3.05, 3.63) is 52.9 Å². The summed E-state index contributed by atoms with van der Waals surface area (Å²) in [5, 5.41) is 5.43. The maximum absolute atomic E-state index is 4.96. The molecule has 4 rings (SSSR count). The van der Waals surface area contributed by atoms with Gasteiger partial charge in [0.2, 0.25) is 0 Å². The number of nitrogens with zero attached hydrogens (tertiary/aromatic N) is 4. The van der Waals surface area contributed by atoms with Gasteiger partial charge in [-0.15, -0.1) is 5.53 Å². The summed E-state index contributed by atoms with van der Waals surface area (Å²) >= 11 is 0. The van der Waals surface area contributed by atoms with Crippen LogP contribution in [0, 0.1) is 12.8 Å². The number of pyridine rings is 1. The van der Waals surface area contributed by atoms with Gasteiger partial charge in [-0.2, -0.15) is 0 Å². The Balaban J connectivity index is 1.48. The summed E-state index contributed by atoms with van der Waals surface area (Å²) in [6.45, 7) is 4.94. The van der Waals surface area contributed by atoms with Gasteiger partial charge >= 0.3 is 0 Å². The molecule has 0 unspecified atom stereocenters. The molecule has 1 fully saturated rings. The lowest BCUT2D eigenvalue weighted by Gasteiger charge is -2.22. The topological polar surface area (TPSA) is 78.0 Å². The number of aromatic nitrogens is 3. The quantitative estimate of drug-likeness (QED) is 0.595. The lowest BCUT2D eigenvalue weighted by atomic mass is 9.84. The molecule has 0 spiro atoms. The summed E-state index contributed by atoms with van der Waals surface area (Å²) in [6.07, 6.45) is 11.7. The van der Waals surface area contributed by atoms with Gasteiger partial charge in [0, 0.05) is 24.5 Å². The zero-order valence-corrected chi connectivity index (χ0v) is 19.0. The molecule has 0 atom stereocenters. The van der Waals surface area contributed by atoms with E-state index in [0.717, 1.165) is 59.5 Å². The Labute approximate surface area is 185 Å². The standard InChI is InChI=1S/C24H35N7/c1-4-8-20-14-23(27-16-26-20)25-15-22-24(29-30-31(22)3)21-12-11-19(17(2)28-21)13-18-9-6-5-7-10-18/h11-12,14,16,18,29-30H,4-10,13,15H2,1-3H3,(H,25,26,27). The van der Waals surface area contributed by atoms with Crippen LogP contribution in [0.25, 0.3) is 5.70 Å². The summed E-state index contributed by atoms with van der Waals surface area (Å²) in [5.74, 6) is 1.67. The van der Waals surface area contributed by atoms with Crippen molar-refractivity contribution >= 4 is 11.5 Å². The molecule has 7 heteroatoms. The largest absolute Gasteiger partial charge is 0.364 e. The van der Waals surface area contributed by atoms with Crippen molar-refractivity contribution in [2.24, 2.45) is 5.92 Å². The van der Waals surface area contributed by atoms with Gasteiger partial charge in [0.1, 0.15) is 12.1 Å². The van der Waals surface area contributed by atoms with Crippen LogP contribution in [-0.4, -0.2) is 33.6 Å². The average molecular weight is 422 g/mol. The van der Waals surface area contributed by atoms with Crippen LogP contribution in [0.4, 0.5) is 5.82 Å². The minimum absolute atomic E-state index is 0.638. The number of aryl methyl sites for hydroxylation is 2. The molecule has 1 aliphatic heterocycles. The molecule has 1 saturated carbocycles. The number of hydrazine groups is 2. The molecule has 0 radical (unpaired) electrons. The Morgan fingerprint density at radius 3 is 2.77 bits per heavy atom. The fourth-order valence-corrected chi connectivity index (χ4v) is 4.57. The number of nitrogens with one attached hydrogen (secondary N) is 3. The van der Waals surface area contributed by atoms with E-state index in [1.807, 2.05) is 18.1 Å². The number of hydrogen-bond donors (Lipinski definition) is 3. The van der Waals surface area contributed by atoms with Gasteiger partial charge in [-0.3, -0.25) is 15.4 Å². The van der Waals surface area contributed by atoms with Crippen LogP contribution in [0.3, 0.4) is 0 Å². The number of hydrogen-bond acceptors (Lipinski definition) is 7. The second kappa shape index (κ2) is 10.1. The van der Waals surface area contributed by atoms with Gasteiger partial charge in [-0.05, 0) is 37.3 Å². The third-order valence-electron chi connectivity index (χ3n) is 6.39. The highest BCUT2D eigenvalue weighted by Gasteiger charge is 2.22. The molecule has 7 nitrogen and oxygen atoms in total. The Morgan fingerprint density at radius 1 is 1.16 bits per heavy atom. The normalized spacial score (nSPS) is 17.2. The Morgan fingerprint density at radius 2 is 2.00 bits per heavy atom. The fourth-order valence-electron chi connectivity index (χ4n) is 4.57. The van der Waals surface area contributed by atoms with Gasteiger partial charge in [0.25, 0.3) is 0 Å². The molecule has 0 aromatic carbocycles. The van der Waals surface area contributed by atoms with Gasteiger partial charge in [-0.25, -0.2) is 9.97 Å². The maximum atomic E-state index is 4.96. The first kappa shape index (κ1) is 21.6. The van der Waals surface area contributed by atoms with E-state index >= 15 is 0 Å². The zero-order chi connectivity index (χ0) is 21.6. The molecule has 166 valence electrons. The van der Waals surface area contributed by atoms with Crippen molar-refractivity contribution in [3.8, 4) is 0 Å². The average Bonchev–Trinajstić information content (AvgIpc) is 3.15. The van der Waals surface area contributed by atoms with E-state index in [-0.39, 0.29) is 0 Å². The molecule has 3 N–H and O–H groups in total. The van der Waals surface area contributed by atoms with Crippen molar-refractivity contribution in [2.45, 2.75) is 65.2 Å². The molecule has 0 bridgehead atoms. The van der Waals surface area contributed by atoms with E-state index < -0.39 is 0 Å². The highest BCUT2D eigenvalue weighted by atomic mass is 15.7. The van der Waals surface area contributed by atoms with E-state index in [1.165, 1.54) is 37.7 Å². The first-order chi connectivity index (χ1) is 15.1. The number of rotatable bonds is 8. The monoisotopic (exact) mass is 421 g/mol. The molecule has 2 aromatic heterocycles. The first-order valence-corrected chi connectivity index (χ1v) is 11.6. The molecule has 2 aromatic rings. The molecule has 31 heavy (non-hydrogen) atoms. The summed E-state index contributed by atoms with van der Waals surface area (Å²) in [5.41, 5.74) is 13.1. The predicted molar refractivity (Wildman–Crippen MR) is 125 cm³/mol. The van der Waals surface area contributed by atoms with Gasteiger partial charge in [-0.1, -0.05) is 51.5 Å².